The number of Topliss-reactive ketones (excluding diaryl/α,β-unsaturated/α-hetero) is 1. The van der Waals surface area contributed by atoms with Crippen LogP contribution in [0, 0.1) is 0 Å². The Hall–Kier alpha value is -3.42. The molecule has 8 nitrogen and oxygen atoms in total. The molecule has 3 heterocycles. The van der Waals surface area contributed by atoms with Crippen molar-refractivity contribution in [2.24, 2.45) is 0 Å². The van der Waals surface area contributed by atoms with Crippen LogP contribution in [0.3, 0.4) is 0 Å². The number of carbonyl (C=O) groups is 3. The van der Waals surface area contributed by atoms with Crippen LogP contribution in [0.25, 0.3) is 17.0 Å². The van der Waals surface area contributed by atoms with Gasteiger partial charge in [0, 0.05) is 18.0 Å². The second-order valence-electron chi connectivity index (χ2n) is 7.05. The van der Waals surface area contributed by atoms with Crippen molar-refractivity contribution in [3.8, 4) is 11.3 Å². The van der Waals surface area contributed by atoms with Crippen LogP contribution in [-0.2, 0) is 19.9 Å². The summed E-state index contributed by atoms with van der Waals surface area (Å²) in [4.78, 5) is 40.8. The van der Waals surface area contributed by atoms with Crippen molar-refractivity contribution in [2.45, 2.75) is 31.2 Å². The molecule has 4 rings (SSSR count). The number of carboxylic acid groups (broad SMARTS) is 1. The van der Waals surface area contributed by atoms with Crippen molar-refractivity contribution < 1.29 is 24.6 Å². The molecule has 2 aliphatic rings. The molecule has 0 aromatic carbocycles. The fourth-order valence-corrected chi connectivity index (χ4v) is 4.26. The zero-order valence-corrected chi connectivity index (χ0v) is 15.0. The maximum atomic E-state index is 13.4. The summed E-state index contributed by atoms with van der Waals surface area (Å²) in [5, 5.41) is 21.7. The van der Waals surface area contributed by atoms with E-state index in [4.69, 9.17) is 5.11 Å². The number of hydrogen-bond donors (Lipinski definition) is 3. The highest BCUT2D eigenvalue weighted by Gasteiger charge is 2.51. The lowest BCUT2D eigenvalue weighted by Gasteiger charge is -2.37. The summed E-state index contributed by atoms with van der Waals surface area (Å²) < 4.78 is 1.82. The molecular formula is C20H19N3O5. The van der Waals surface area contributed by atoms with Gasteiger partial charge in [-0.3, -0.25) is 19.4 Å². The van der Waals surface area contributed by atoms with E-state index in [1.165, 1.54) is 0 Å². The molecule has 144 valence electrons. The highest BCUT2D eigenvalue weighted by Crippen LogP contribution is 2.47. The first kappa shape index (κ1) is 18.0. The summed E-state index contributed by atoms with van der Waals surface area (Å²) in [5.74, 6) is -3.00. The van der Waals surface area contributed by atoms with Crippen molar-refractivity contribution in [2.75, 3.05) is 6.54 Å². The molecule has 28 heavy (non-hydrogen) atoms. The number of rotatable bonds is 4. The van der Waals surface area contributed by atoms with E-state index in [1.807, 2.05) is 10.6 Å². The lowest BCUT2D eigenvalue weighted by Crippen LogP contribution is -2.48. The molecule has 1 aliphatic heterocycles. The largest absolute Gasteiger partial charge is 0.505 e. The van der Waals surface area contributed by atoms with Gasteiger partial charge < -0.3 is 20.1 Å². The minimum Gasteiger partial charge on any atom is -0.505 e. The smallest absolute Gasteiger partial charge is 0.322 e. The molecule has 0 atom stereocenters. The van der Waals surface area contributed by atoms with Crippen molar-refractivity contribution >= 4 is 23.4 Å². The van der Waals surface area contributed by atoms with Gasteiger partial charge in [0.25, 0.3) is 5.91 Å². The van der Waals surface area contributed by atoms with E-state index in [-0.39, 0.29) is 5.57 Å². The average Bonchev–Trinajstić information content (AvgIpc) is 3.34. The van der Waals surface area contributed by atoms with E-state index < -0.39 is 35.5 Å². The Labute approximate surface area is 160 Å². The molecular weight excluding hydrogens is 362 g/mol. The fraction of sp³-hybridized carbons (Fsp3) is 0.300. The van der Waals surface area contributed by atoms with Gasteiger partial charge in [-0.15, -0.1) is 0 Å². The Morgan fingerprint density at radius 2 is 1.89 bits per heavy atom. The van der Waals surface area contributed by atoms with Crippen molar-refractivity contribution in [1.82, 2.24) is 14.9 Å². The fourth-order valence-electron chi connectivity index (χ4n) is 4.26. The summed E-state index contributed by atoms with van der Waals surface area (Å²) >= 11 is 0. The molecule has 2 aromatic rings. The van der Waals surface area contributed by atoms with Crippen LogP contribution in [0.1, 0.15) is 31.4 Å². The van der Waals surface area contributed by atoms with Gasteiger partial charge in [0.1, 0.15) is 17.7 Å². The second-order valence-corrected chi connectivity index (χ2v) is 7.05. The predicted molar refractivity (Wildman–Crippen MR) is 99.3 cm³/mol. The van der Waals surface area contributed by atoms with Gasteiger partial charge in [0.2, 0.25) is 0 Å². The Bertz CT molecular complexity index is 1000. The Kier molecular flexibility index (Phi) is 4.26. The molecule has 1 fully saturated rings. The van der Waals surface area contributed by atoms with Gasteiger partial charge in [-0.05, 0) is 37.1 Å². The minimum absolute atomic E-state index is 0.369. The number of hydrogen-bond acceptors (Lipinski definition) is 5. The Morgan fingerprint density at radius 1 is 1.18 bits per heavy atom. The molecule has 0 saturated heterocycles. The van der Waals surface area contributed by atoms with E-state index in [1.54, 1.807) is 30.6 Å². The molecule has 1 aliphatic carbocycles. The topological polar surface area (TPSA) is 122 Å². The van der Waals surface area contributed by atoms with E-state index in [9.17, 15) is 19.5 Å². The van der Waals surface area contributed by atoms with Crippen LogP contribution in [0.5, 0.6) is 0 Å². The average molecular weight is 381 g/mol. The van der Waals surface area contributed by atoms with E-state index in [0.29, 0.717) is 18.5 Å². The third kappa shape index (κ3) is 2.60. The molecule has 1 amide bonds. The number of pyridine rings is 1. The summed E-state index contributed by atoms with van der Waals surface area (Å²) in [6.07, 6.45) is 6.07. The van der Waals surface area contributed by atoms with Crippen molar-refractivity contribution in [3.63, 3.8) is 0 Å². The van der Waals surface area contributed by atoms with Crippen LogP contribution in [-0.4, -0.2) is 44.0 Å². The second kappa shape index (κ2) is 6.63. The number of nitrogens with zero attached hydrogens (tertiary/aromatic N) is 2. The van der Waals surface area contributed by atoms with Gasteiger partial charge in [-0.2, -0.15) is 0 Å². The first-order valence-electron chi connectivity index (χ1n) is 9.07. The quantitative estimate of drug-likeness (QED) is 0.695. The van der Waals surface area contributed by atoms with Gasteiger partial charge >= 0.3 is 5.97 Å². The van der Waals surface area contributed by atoms with Gasteiger partial charge in [-0.25, -0.2) is 0 Å². The first-order valence-corrected chi connectivity index (χ1v) is 9.07. The van der Waals surface area contributed by atoms with Crippen LogP contribution in [0.4, 0.5) is 0 Å². The monoisotopic (exact) mass is 381 g/mol. The number of amides is 1. The molecule has 0 unspecified atom stereocenters. The van der Waals surface area contributed by atoms with Gasteiger partial charge in [-0.1, -0.05) is 12.8 Å². The number of aliphatic hydroxyl groups is 1. The lowest BCUT2D eigenvalue weighted by atomic mass is 9.82. The third-order valence-corrected chi connectivity index (χ3v) is 5.45. The molecule has 8 heteroatoms. The van der Waals surface area contributed by atoms with E-state index in [0.717, 1.165) is 24.1 Å². The Morgan fingerprint density at radius 3 is 2.54 bits per heavy atom. The molecule has 2 aromatic heterocycles. The number of nitrogens with one attached hydrogen (secondary N) is 1. The zero-order chi connectivity index (χ0) is 19.9. The summed E-state index contributed by atoms with van der Waals surface area (Å²) in [6, 6.07) is 7.14. The number of carboxylic acids is 1. The van der Waals surface area contributed by atoms with E-state index >= 15 is 0 Å². The zero-order valence-electron chi connectivity index (χ0n) is 15.0. The molecule has 1 saturated carbocycles. The number of aromatic nitrogens is 2. The number of carbonyl (C=O) groups excluding carboxylic acids is 2. The normalized spacial score (nSPS) is 17.6. The molecule has 0 radical (unpaired) electrons. The summed E-state index contributed by atoms with van der Waals surface area (Å²) in [7, 11) is 0. The summed E-state index contributed by atoms with van der Waals surface area (Å²) in [6.45, 7) is -0.627. The van der Waals surface area contributed by atoms with Crippen LogP contribution in [0.2, 0.25) is 0 Å². The molecule has 3 N–H and O–H groups in total. The number of aliphatic hydroxyl groups excluding tert-OH is 1. The number of aliphatic carboxylic acids is 1. The molecule has 0 bridgehead atoms. The van der Waals surface area contributed by atoms with Crippen LogP contribution >= 0.6 is 0 Å². The van der Waals surface area contributed by atoms with Crippen molar-refractivity contribution in [1.29, 1.82) is 0 Å². The highest BCUT2D eigenvalue weighted by atomic mass is 16.4. The SMILES string of the molecule is O=C(O)CNC(=O)C1=C(O)c2ccc(-c3cccnc3)n2C2(CCCC2)C1=O. The van der Waals surface area contributed by atoms with E-state index in [2.05, 4.69) is 10.3 Å². The first-order chi connectivity index (χ1) is 13.5. The van der Waals surface area contributed by atoms with Gasteiger partial charge in [0.15, 0.2) is 11.5 Å². The summed E-state index contributed by atoms with van der Waals surface area (Å²) in [5.41, 5.74) is 0.591. The van der Waals surface area contributed by atoms with Crippen LogP contribution in [0.15, 0.2) is 42.2 Å². The lowest BCUT2D eigenvalue weighted by molar-refractivity contribution is -0.138. The van der Waals surface area contributed by atoms with Crippen LogP contribution < -0.4 is 5.32 Å². The highest BCUT2D eigenvalue weighted by molar-refractivity contribution is 6.27. The Balaban J connectivity index is 1.89. The maximum Gasteiger partial charge on any atom is 0.322 e. The minimum atomic E-state index is -1.23. The standard InChI is InChI=1S/C20H19N3O5/c24-15(25)11-22-19(28)16-17(26)14-6-5-13(12-4-3-9-21-10-12)23(14)20(18(16)27)7-1-2-8-20/h3-6,9-10,26H,1-2,7-8,11H2,(H,22,28)(H,24,25). The number of fused-ring (bicyclic) bond motifs is 2. The maximum absolute atomic E-state index is 13.4. The predicted octanol–water partition coefficient (Wildman–Crippen LogP) is 1.87. The van der Waals surface area contributed by atoms with Gasteiger partial charge in [0.05, 0.1) is 11.4 Å². The molecule has 1 spiro atoms. The third-order valence-electron chi connectivity index (χ3n) is 5.45. The van der Waals surface area contributed by atoms with Crippen molar-refractivity contribution in [3.05, 3.63) is 47.9 Å². The number of ketones is 1.